The highest BCUT2D eigenvalue weighted by Gasteiger charge is 2.19. The van der Waals surface area contributed by atoms with E-state index < -0.39 is 5.97 Å². The third-order valence-corrected chi connectivity index (χ3v) is 3.34. The predicted molar refractivity (Wildman–Crippen MR) is 78.6 cm³/mol. The second-order valence-electron chi connectivity index (χ2n) is 4.55. The van der Waals surface area contributed by atoms with Crippen LogP contribution in [-0.4, -0.2) is 60.5 Å². The first kappa shape index (κ1) is 16.8. The number of amides is 1. The summed E-state index contributed by atoms with van der Waals surface area (Å²) in [5.41, 5.74) is 0.319. The molecule has 5 nitrogen and oxygen atoms in total. The molecular weight excluding hydrogens is 303 g/mol. The van der Waals surface area contributed by atoms with Crippen LogP contribution in [0, 0.1) is 0 Å². The van der Waals surface area contributed by atoms with Crippen LogP contribution in [0.15, 0.2) is 18.2 Å². The van der Waals surface area contributed by atoms with Gasteiger partial charge in [0.2, 0.25) is 0 Å². The monoisotopic (exact) mass is 318 g/mol. The van der Waals surface area contributed by atoms with Gasteiger partial charge in [0.15, 0.2) is 0 Å². The van der Waals surface area contributed by atoms with E-state index in [9.17, 15) is 9.59 Å². The molecule has 20 heavy (non-hydrogen) atoms. The summed E-state index contributed by atoms with van der Waals surface area (Å²) < 4.78 is 0. The zero-order chi connectivity index (χ0) is 15.3. The number of aliphatic carboxylic acids is 1. The minimum Gasteiger partial charge on any atom is -0.480 e. The molecule has 7 heteroatoms. The van der Waals surface area contributed by atoms with E-state index in [0.29, 0.717) is 23.7 Å². The molecule has 1 aromatic rings. The largest absolute Gasteiger partial charge is 0.480 e. The van der Waals surface area contributed by atoms with E-state index in [2.05, 4.69) is 0 Å². The fourth-order valence-electron chi connectivity index (χ4n) is 1.55. The van der Waals surface area contributed by atoms with Crippen molar-refractivity contribution in [1.29, 1.82) is 0 Å². The molecule has 0 bridgehead atoms. The summed E-state index contributed by atoms with van der Waals surface area (Å²) in [4.78, 5) is 26.3. The molecule has 0 aliphatic carbocycles. The Labute approximate surface area is 127 Å². The molecule has 0 saturated carbocycles. The highest BCUT2D eigenvalue weighted by Crippen LogP contribution is 2.23. The second kappa shape index (κ2) is 7.47. The lowest BCUT2D eigenvalue weighted by atomic mass is 10.2. The highest BCUT2D eigenvalue weighted by atomic mass is 35.5. The summed E-state index contributed by atoms with van der Waals surface area (Å²) in [6, 6.07) is 4.49. The van der Waals surface area contributed by atoms with Gasteiger partial charge in [0.05, 0.1) is 10.0 Å². The summed E-state index contributed by atoms with van der Waals surface area (Å²) >= 11 is 11.7. The molecule has 0 heterocycles. The number of carboxylic acid groups (broad SMARTS) is 1. The van der Waals surface area contributed by atoms with Crippen LogP contribution in [-0.2, 0) is 4.79 Å². The average Bonchev–Trinajstić information content (AvgIpc) is 2.36. The summed E-state index contributed by atoms with van der Waals surface area (Å²) in [6.07, 6.45) is 0. The number of carboxylic acids is 1. The van der Waals surface area contributed by atoms with Gasteiger partial charge < -0.3 is 14.9 Å². The molecule has 1 N–H and O–H groups in total. The number of hydrogen-bond donors (Lipinski definition) is 1. The minimum atomic E-state index is -1.06. The Bertz CT molecular complexity index is 506. The molecule has 0 aromatic heterocycles. The first-order valence-electron chi connectivity index (χ1n) is 5.92. The van der Waals surface area contributed by atoms with Crippen LogP contribution in [0.1, 0.15) is 10.4 Å². The van der Waals surface area contributed by atoms with Crippen LogP contribution in [0.2, 0.25) is 10.0 Å². The zero-order valence-electron chi connectivity index (χ0n) is 11.3. The Morgan fingerprint density at radius 1 is 1.15 bits per heavy atom. The fraction of sp³-hybridized carbons (Fsp3) is 0.385. The van der Waals surface area contributed by atoms with Gasteiger partial charge in [-0.3, -0.25) is 9.59 Å². The Kier molecular flexibility index (Phi) is 6.26. The van der Waals surface area contributed by atoms with Crippen LogP contribution >= 0.6 is 23.2 Å². The van der Waals surface area contributed by atoms with Crippen molar-refractivity contribution < 1.29 is 14.7 Å². The third-order valence-electron chi connectivity index (χ3n) is 2.60. The van der Waals surface area contributed by atoms with E-state index in [1.54, 1.807) is 0 Å². The van der Waals surface area contributed by atoms with Gasteiger partial charge in [0.25, 0.3) is 5.91 Å². The standard InChI is InChI=1S/C13H16Cl2N2O3/c1-16(2)5-6-17(8-12(18)19)13(20)9-3-4-10(14)11(15)7-9/h3-4,7H,5-6,8H2,1-2H3,(H,18,19). The van der Waals surface area contributed by atoms with Gasteiger partial charge in [-0.15, -0.1) is 0 Å². The topological polar surface area (TPSA) is 60.9 Å². The summed E-state index contributed by atoms with van der Waals surface area (Å²) in [7, 11) is 3.70. The first-order chi connectivity index (χ1) is 9.31. The van der Waals surface area contributed by atoms with Gasteiger partial charge in [0.1, 0.15) is 6.54 Å². The number of halogens is 2. The number of benzene rings is 1. The SMILES string of the molecule is CN(C)CCN(CC(=O)O)C(=O)c1ccc(Cl)c(Cl)c1. The fourth-order valence-corrected chi connectivity index (χ4v) is 1.85. The zero-order valence-corrected chi connectivity index (χ0v) is 12.8. The van der Waals surface area contributed by atoms with Crippen molar-refractivity contribution in [3.05, 3.63) is 33.8 Å². The number of nitrogens with zero attached hydrogens (tertiary/aromatic N) is 2. The van der Waals surface area contributed by atoms with Crippen molar-refractivity contribution in [1.82, 2.24) is 9.80 Å². The molecule has 0 radical (unpaired) electrons. The molecule has 110 valence electrons. The predicted octanol–water partition coefficient (Wildman–Crippen LogP) is 2.08. The Balaban J connectivity index is 2.90. The number of hydrogen-bond acceptors (Lipinski definition) is 3. The van der Waals surface area contributed by atoms with Gasteiger partial charge in [-0.1, -0.05) is 23.2 Å². The molecule has 1 rings (SSSR count). The Morgan fingerprint density at radius 2 is 1.80 bits per heavy atom. The van der Waals surface area contributed by atoms with Gasteiger partial charge in [-0.25, -0.2) is 0 Å². The third kappa shape index (κ3) is 5.00. The van der Waals surface area contributed by atoms with Crippen molar-refractivity contribution in [2.75, 3.05) is 33.7 Å². The Hall–Kier alpha value is -1.30. The molecular formula is C13H16Cl2N2O3. The first-order valence-corrected chi connectivity index (χ1v) is 6.67. The van der Waals surface area contributed by atoms with Crippen LogP contribution in [0.5, 0.6) is 0 Å². The molecule has 0 saturated heterocycles. The van der Waals surface area contributed by atoms with E-state index in [0.717, 1.165) is 0 Å². The van der Waals surface area contributed by atoms with Gasteiger partial charge in [-0.05, 0) is 32.3 Å². The van der Waals surface area contributed by atoms with Crippen molar-refractivity contribution in [3.63, 3.8) is 0 Å². The van der Waals surface area contributed by atoms with E-state index in [-0.39, 0.29) is 17.5 Å². The number of likely N-dealkylation sites (N-methyl/N-ethyl adjacent to an activating group) is 1. The average molecular weight is 319 g/mol. The summed E-state index contributed by atoms with van der Waals surface area (Å²) in [6.45, 7) is 0.533. The molecule has 0 unspecified atom stereocenters. The lowest BCUT2D eigenvalue weighted by Gasteiger charge is -2.22. The molecule has 0 aliphatic rings. The van der Waals surface area contributed by atoms with Crippen molar-refractivity contribution >= 4 is 35.1 Å². The van der Waals surface area contributed by atoms with E-state index in [4.69, 9.17) is 28.3 Å². The molecule has 1 aromatic carbocycles. The summed E-state index contributed by atoms with van der Waals surface area (Å²) in [5, 5.41) is 9.50. The van der Waals surface area contributed by atoms with Crippen molar-refractivity contribution in [2.24, 2.45) is 0 Å². The number of carbonyl (C=O) groups is 2. The maximum atomic E-state index is 12.3. The highest BCUT2D eigenvalue weighted by molar-refractivity contribution is 6.42. The van der Waals surface area contributed by atoms with Crippen molar-refractivity contribution in [2.45, 2.75) is 0 Å². The van der Waals surface area contributed by atoms with Crippen LogP contribution < -0.4 is 0 Å². The molecule has 1 amide bonds. The summed E-state index contributed by atoms with van der Waals surface area (Å²) in [5.74, 6) is -1.44. The normalized spacial score (nSPS) is 10.7. The van der Waals surface area contributed by atoms with E-state index in [1.165, 1.54) is 23.1 Å². The molecule has 0 spiro atoms. The van der Waals surface area contributed by atoms with Crippen LogP contribution in [0.4, 0.5) is 0 Å². The van der Waals surface area contributed by atoms with Gasteiger partial charge >= 0.3 is 5.97 Å². The molecule has 0 fully saturated rings. The quantitative estimate of drug-likeness (QED) is 0.872. The minimum absolute atomic E-state index is 0.264. The van der Waals surface area contributed by atoms with Gasteiger partial charge in [0, 0.05) is 18.7 Å². The smallest absolute Gasteiger partial charge is 0.323 e. The van der Waals surface area contributed by atoms with E-state index in [1.807, 2.05) is 19.0 Å². The lowest BCUT2D eigenvalue weighted by Crippen LogP contribution is -2.40. The maximum Gasteiger partial charge on any atom is 0.323 e. The lowest BCUT2D eigenvalue weighted by molar-refractivity contribution is -0.137. The van der Waals surface area contributed by atoms with Gasteiger partial charge in [-0.2, -0.15) is 0 Å². The van der Waals surface area contributed by atoms with Crippen LogP contribution in [0.25, 0.3) is 0 Å². The van der Waals surface area contributed by atoms with Crippen molar-refractivity contribution in [3.8, 4) is 0 Å². The molecule has 0 aliphatic heterocycles. The number of rotatable bonds is 6. The van der Waals surface area contributed by atoms with Crippen LogP contribution in [0.3, 0.4) is 0 Å². The molecule has 0 atom stereocenters. The Morgan fingerprint density at radius 3 is 2.30 bits per heavy atom. The maximum absolute atomic E-state index is 12.3. The number of carbonyl (C=O) groups excluding carboxylic acids is 1. The van der Waals surface area contributed by atoms with E-state index >= 15 is 0 Å². The second-order valence-corrected chi connectivity index (χ2v) is 5.37.